The molecule has 3 aromatic rings. The molecule has 2 aromatic carbocycles. The van der Waals surface area contributed by atoms with E-state index in [1.165, 1.54) is 22.6 Å². The van der Waals surface area contributed by atoms with Gasteiger partial charge in [-0.25, -0.2) is 22.2 Å². The molecule has 0 aliphatic heterocycles. The molecule has 0 bridgehead atoms. The molecule has 0 radical (unpaired) electrons. The number of hydrogen-bond donors (Lipinski definition) is 1. The number of H-pyrrole nitrogens is 1. The normalized spacial score (nSPS) is 12.4. The van der Waals surface area contributed by atoms with Crippen molar-refractivity contribution in [1.29, 1.82) is 0 Å². The maximum Gasteiger partial charge on any atom is 0.272 e. The molecule has 29 heavy (non-hydrogen) atoms. The van der Waals surface area contributed by atoms with Gasteiger partial charge in [0.05, 0.1) is 5.69 Å². The van der Waals surface area contributed by atoms with Gasteiger partial charge in [0.25, 0.3) is 15.8 Å². The zero-order chi connectivity index (χ0) is 21.0. The minimum absolute atomic E-state index is 0.120. The maximum absolute atomic E-state index is 13.4. The fourth-order valence-electron chi connectivity index (χ4n) is 2.97. The van der Waals surface area contributed by atoms with Crippen LogP contribution in [0.2, 0.25) is 0 Å². The Labute approximate surface area is 169 Å². The van der Waals surface area contributed by atoms with Crippen molar-refractivity contribution in [2.24, 2.45) is 0 Å². The van der Waals surface area contributed by atoms with Gasteiger partial charge in [-0.05, 0) is 49.7 Å². The van der Waals surface area contributed by atoms with Crippen LogP contribution in [-0.2, 0) is 10.0 Å². The van der Waals surface area contributed by atoms with Crippen molar-refractivity contribution in [3.63, 3.8) is 0 Å². The summed E-state index contributed by atoms with van der Waals surface area (Å²) in [7, 11) is -3.73. The number of para-hydroxylation sites is 1. The number of nitrogens with one attached hydrogen (secondary N) is 2. The summed E-state index contributed by atoms with van der Waals surface area (Å²) in [6.07, 6.45) is 1.40. The Morgan fingerprint density at radius 3 is 2.34 bits per heavy atom. The van der Waals surface area contributed by atoms with Crippen molar-refractivity contribution >= 4 is 21.5 Å². The van der Waals surface area contributed by atoms with Crippen molar-refractivity contribution in [2.75, 3.05) is 16.2 Å². The number of pyridine rings is 1. The molecule has 3 rings (SSSR count). The second-order valence-corrected chi connectivity index (χ2v) is 8.35. The van der Waals surface area contributed by atoms with Gasteiger partial charge in [0, 0.05) is 12.6 Å². The van der Waals surface area contributed by atoms with Crippen molar-refractivity contribution in [1.82, 2.24) is 0 Å². The molecule has 0 unspecified atom stereocenters. The molecule has 0 spiro atoms. The first-order chi connectivity index (χ1) is 13.8. The largest absolute Gasteiger partial charge is 0.272 e. The summed E-state index contributed by atoms with van der Waals surface area (Å²) >= 11 is 0. The number of aromatic amines is 1. The molecule has 1 atom stereocenters. The third-order valence-corrected chi connectivity index (χ3v) is 6.42. The molecule has 1 aromatic heterocycles. The van der Waals surface area contributed by atoms with Crippen LogP contribution < -0.4 is 14.6 Å². The Bertz CT molecular complexity index is 1070. The molecule has 1 heterocycles. The first kappa shape index (κ1) is 20.7. The molecule has 152 valence electrons. The minimum Gasteiger partial charge on any atom is -0.268 e. The zero-order valence-corrected chi connectivity index (χ0v) is 16.9. The lowest BCUT2D eigenvalue weighted by molar-refractivity contribution is -0.364. The maximum atomic E-state index is 13.4. The molecule has 2 N–H and O–H groups in total. The van der Waals surface area contributed by atoms with Gasteiger partial charge in [0.1, 0.15) is 17.1 Å². The summed E-state index contributed by atoms with van der Waals surface area (Å²) in [6.45, 7) is 3.85. The highest BCUT2D eigenvalue weighted by atomic mass is 32.2. The van der Waals surface area contributed by atoms with E-state index in [0.717, 1.165) is 12.1 Å². The smallest absolute Gasteiger partial charge is 0.268 e. The van der Waals surface area contributed by atoms with E-state index >= 15 is 0 Å². The third-order valence-electron chi connectivity index (χ3n) is 4.52. The molecule has 0 saturated carbocycles. The lowest BCUT2D eigenvalue weighted by Gasteiger charge is -2.22. The van der Waals surface area contributed by atoms with Crippen LogP contribution >= 0.6 is 0 Å². The predicted octanol–water partition coefficient (Wildman–Crippen LogP) is 4.17. The van der Waals surface area contributed by atoms with Gasteiger partial charge in [-0.15, -0.1) is 0 Å². The van der Waals surface area contributed by atoms with E-state index in [-0.39, 0.29) is 10.9 Å². The highest BCUT2D eigenvalue weighted by Gasteiger charge is 2.25. The Morgan fingerprint density at radius 1 is 1.03 bits per heavy atom. The van der Waals surface area contributed by atoms with E-state index in [9.17, 15) is 17.2 Å². The van der Waals surface area contributed by atoms with Crippen LogP contribution in [0.15, 0.2) is 71.8 Å². The number of nitrogens with zero attached hydrogens (tertiary/aromatic N) is 1. The summed E-state index contributed by atoms with van der Waals surface area (Å²) < 4.78 is 53.8. The second-order valence-electron chi connectivity index (χ2n) is 6.48. The number of sulfonamides is 1. The molecule has 0 saturated heterocycles. The van der Waals surface area contributed by atoms with Gasteiger partial charge in [-0.2, -0.15) is 0 Å². The SMILES string of the molecule is CCN(c1ccccc1)S(=O)(=O)c1ccc(N[C@H](C)c2ccc(F)c(F)c2)[nH+]c1. The zero-order valence-electron chi connectivity index (χ0n) is 16.1. The summed E-state index contributed by atoms with van der Waals surface area (Å²) in [5.74, 6) is -1.27. The number of benzene rings is 2. The molecule has 0 aliphatic carbocycles. The van der Waals surface area contributed by atoms with Crippen molar-refractivity contribution < 1.29 is 22.2 Å². The Balaban J connectivity index is 1.79. The topological polar surface area (TPSA) is 63.6 Å². The summed E-state index contributed by atoms with van der Waals surface area (Å²) in [5.41, 5.74) is 1.15. The van der Waals surface area contributed by atoms with Gasteiger partial charge in [0.15, 0.2) is 11.6 Å². The second kappa shape index (κ2) is 8.57. The van der Waals surface area contributed by atoms with Crippen LogP contribution in [0.25, 0.3) is 0 Å². The van der Waals surface area contributed by atoms with E-state index in [1.807, 2.05) is 6.07 Å². The lowest BCUT2D eigenvalue weighted by atomic mass is 10.1. The van der Waals surface area contributed by atoms with Gasteiger partial charge in [0.2, 0.25) is 0 Å². The average molecular weight is 418 g/mol. The van der Waals surface area contributed by atoms with Crippen LogP contribution in [0.5, 0.6) is 0 Å². The van der Waals surface area contributed by atoms with E-state index in [2.05, 4.69) is 10.3 Å². The molecular formula is C21H22F2N3O2S+. The van der Waals surface area contributed by atoms with Gasteiger partial charge in [-0.3, -0.25) is 9.62 Å². The van der Waals surface area contributed by atoms with Crippen molar-refractivity contribution in [3.8, 4) is 0 Å². The molecule has 0 fully saturated rings. The number of rotatable bonds is 7. The van der Waals surface area contributed by atoms with E-state index in [4.69, 9.17) is 0 Å². The van der Waals surface area contributed by atoms with E-state index < -0.39 is 21.7 Å². The fourth-order valence-corrected chi connectivity index (χ4v) is 4.41. The van der Waals surface area contributed by atoms with Crippen LogP contribution in [0.3, 0.4) is 0 Å². The first-order valence-electron chi connectivity index (χ1n) is 9.14. The number of hydrogen-bond acceptors (Lipinski definition) is 3. The quantitative estimate of drug-likeness (QED) is 0.626. The van der Waals surface area contributed by atoms with Gasteiger partial charge in [-0.1, -0.05) is 24.3 Å². The number of anilines is 2. The summed E-state index contributed by atoms with van der Waals surface area (Å²) in [6, 6.07) is 15.4. The minimum atomic E-state index is -3.73. The average Bonchev–Trinajstić information content (AvgIpc) is 2.71. The highest BCUT2D eigenvalue weighted by molar-refractivity contribution is 7.92. The van der Waals surface area contributed by atoms with Crippen LogP contribution in [0.1, 0.15) is 25.5 Å². The van der Waals surface area contributed by atoms with E-state index in [1.54, 1.807) is 44.2 Å². The highest BCUT2D eigenvalue weighted by Crippen LogP contribution is 2.23. The molecular weight excluding hydrogens is 396 g/mol. The van der Waals surface area contributed by atoms with E-state index in [0.29, 0.717) is 23.6 Å². The van der Waals surface area contributed by atoms with Gasteiger partial charge < -0.3 is 0 Å². The monoisotopic (exact) mass is 418 g/mol. The molecule has 0 amide bonds. The van der Waals surface area contributed by atoms with Crippen LogP contribution in [-0.4, -0.2) is 15.0 Å². The summed E-state index contributed by atoms with van der Waals surface area (Å²) in [5, 5.41) is 3.11. The molecule has 8 heteroatoms. The third kappa shape index (κ3) is 4.54. The predicted molar refractivity (Wildman–Crippen MR) is 108 cm³/mol. The number of aromatic nitrogens is 1. The Kier molecular flexibility index (Phi) is 6.12. The molecule has 5 nitrogen and oxygen atoms in total. The van der Waals surface area contributed by atoms with Gasteiger partial charge >= 0.3 is 0 Å². The van der Waals surface area contributed by atoms with Crippen molar-refractivity contribution in [2.45, 2.75) is 24.8 Å². The lowest BCUT2D eigenvalue weighted by Crippen LogP contribution is -2.31. The Morgan fingerprint density at radius 2 is 1.76 bits per heavy atom. The number of halogens is 2. The fraction of sp³-hybridized carbons (Fsp3) is 0.190. The summed E-state index contributed by atoms with van der Waals surface area (Å²) in [4.78, 5) is 3.04. The van der Waals surface area contributed by atoms with Crippen molar-refractivity contribution in [3.05, 3.63) is 84.1 Å². The first-order valence-corrected chi connectivity index (χ1v) is 10.6. The molecule has 0 aliphatic rings. The van der Waals surface area contributed by atoms with Crippen LogP contribution in [0, 0.1) is 11.6 Å². The standard InChI is InChI=1S/C21H21F2N3O2S/c1-3-26(17-7-5-4-6-8-17)29(27,28)18-10-12-21(24-14-18)25-15(2)16-9-11-19(22)20(23)13-16/h4-15H,3H2,1-2H3,(H,24,25)/p+1/t15-/m1/s1. The Hall–Kier alpha value is -3.00. The van der Waals surface area contributed by atoms with Crippen LogP contribution in [0.4, 0.5) is 20.3 Å².